The van der Waals surface area contributed by atoms with Crippen LogP contribution in [0, 0.1) is 0 Å². The maximum Gasteiger partial charge on any atom is 0.303 e. The van der Waals surface area contributed by atoms with Crippen molar-refractivity contribution in [2.75, 3.05) is 20.1 Å². The number of hydrogen-bond acceptors (Lipinski definition) is 3. The first-order valence-corrected chi connectivity index (χ1v) is 6.63. The van der Waals surface area contributed by atoms with Crippen molar-refractivity contribution >= 4 is 17.8 Å². The Labute approximate surface area is 114 Å². The largest absolute Gasteiger partial charge is 0.481 e. The second-order valence-electron chi connectivity index (χ2n) is 4.61. The predicted octanol–water partition coefficient (Wildman–Crippen LogP) is 1.01. The van der Waals surface area contributed by atoms with Crippen LogP contribution in [0.1, 0.15) is 45.4 Å². The molecule has 0 saturated carbocycles. The lowest BCUT2D eigenvalue weighted by Crippen LogP contribution is -2.27. The molecule has 0 aliphatic carbocycles. The van der Waals surface area contributed by atoms with Gasteiger partial charge in [-0.1, -0.05) is 6.42 Å². The molecule has 0 spiro atoms. The molecule has 0 radical (unpaired) electrons. The van der Waals surface area contributed by atoms with Crippen molar-refractivity contribution in [2.24, 2.45) is 0 Å². The van der Waals surface area contributed by atoms with E-state index < -0.39 is 5.97 Å². The number of carboxylic acid groups (broad SMARTS) is 1. The minimum Gasteiger partial charge on any atom is -0.481 e. The van der Waals surface area contributed by atoms with E-state index in [9.17, 15) is 14.4 Å². The van der Waals surface area contributed by atoms with Gasteiger partial charge in [0.15, 0.2) is 0 Å². The van der Waals surface area contributed by atoms with Gasteiger partial charge in [-0.25, -0.2) is 0 Å². The van der Waals surface area contributed by atoms with Crippen LogP contribution in [0.3, 0.4) is 0 Å². The molecule has 0 aromatic rings. The minimum absolute atomic E-state index is 0.0331. The molecule has 2 N–H and O–H groups in total. The van der Waals surface area contributed by atoms with Crippen LogP contribution in [-0.2, 0) is 14.4 Å². The van der Waals surface area contributed by atoms with Crippen LogP contribution in [0.2, 0.25) is 0 Å². The molecule has 0 heterocycles. The molecule has 0 aromatic carbocycles. The highest BCUT2D eigenvalue weighted by Crippen LogP contribution is 2.03. The van der Waals surface area contributed by atoms with E-state index in [0.717, 1.165) is 19.3 Å². The summed E-state index contributed by atoms with van der Waals surface area (Å²) in [5.74, 6) is -0.821. The van der Waals surface area contributed by atoms with Crippen molar-refractivity contribution in [3.05, 3.63) is 0 Å². The molecule has 0 bridgehead atoms. The summed E-state index contributed by atoms with van der Waals surface area (Å²) in [6, 6.07) is 0. The Morgan fingerprint density at radius 1 is 1.05 bits per heavy atom. The maximum absolute atomic E-state index is 11.7. The van der Waals surface area contributed by atoms with Crippen molar-refractivity contribution in [1.29, 1.82) is 0 Å². The molecular formula is C13H24N2O4. The molecule has 0 aliphatic heterocycles. The summed E-state index contributed by atoms with van der Waals surface area (Å²) in [6.45, 7) is 2.62. The summed E-state index contributed by atoms with van der Waals surface area (Å²) in [6.07, 6.45) is 3.62. The molecule has 2 amide bonds. The third kappa shape index (κ3) is 11.2. The first-order chi connectivity index (χ1) is 8.93. The highest BCUT2D eigenvalue weighted by atomic mass is 16.4. The summed E-state index contributed by atoms with van der Waals surface area (Å²) >= 11 is 0. The van der Waals surface area contributed by atoms with Gasteiger partial charge in [0.25, 0.3) is 0 Å². The highest BCUT2D eigenvalue weighted by molar-refractivity contribution is 5.75. The maximum atomic E-state index is 11.7. The molecule has 0 unspecified atom stereocenters. The third-order valence-corrected chi connectivity index (χ3v) is 2.75. The van der Waals surface area contributed by atoms with Crippen LogP contribution in [0.25, 0.3) is 0 Å². The Morgan fingerprint density at radius 3 is 2.32 bits per heavy atom. The SMILES string of the molecule is CC(=O)NCCCCCC(=O)N(C)CCCC(=O)O. The zero-order chi connectivity index (χ0) is 14.7. The third-order valence-electron chi connectivity index (χ3n) is 2.75. The lowest BCUT2D eigenvalue weighted by atomic mass is 10.1. The zero-order valence-corrected chi connectivity index (χ0v) is 11.8. The van der Waals surface area contributed by atoms with Gasteiger partial charge in [0.1, 0.15) is 0 Å². The Kier molecular flexibility index (Phi) is 9.48. The van der Waals surface area contributed by atoms with Crippen molar-refractivity contribution in [3.63, 3.8) is 0 Å². The average molecular weight is 272 g/mol. The Bertz CT molecular complexity index is 305. The van der Waals surface area contributed by atoms with Gasteiger partial charge < -0.3 is 15.3 Å². The topological polar surface area (TPSA) is 86.7 Å². The number of unbranched alkanes of at least 4 members (excludes halogenated alkanes) is 2. The van der Waals surface area contributed by atoms with E-state index in [0.29, 0.717) is 25.9 Å². The monoisotopic (exact) mass is 272 g/mol. The molecule has 6 heteroatoms. The molecule has 110 valence electrons. The van der Waals surface area contributed by atoms with Gasteiger partial charge >= 0.3 is 5.97 Å². The highest BCUT2D eigenvalue weighted by Gasteiger charge is 2.08. The first kappa shape index (κ1) is 17.4. The molecule has 0 atom stereocenters. The quantitative estimate of drug-likeness (QED) is 0.581. The molecule has 0 saturated heterocycles. The summed E-state index contributed by atoms with van der Waals surface area (Å²) in [5.41, 5.74) is 0. The van der Waals surface area contributed by atoms with E-state index in [1.54, 1.807) is 11.9 Å². The first-order valence-electron chi connectivity index (χ1n) is 6.63. The summed E-state index contributed by atoms with van der Waals surface area (Å²) < 4.78 is 0. The normalized spacial score (nSPS) is 10.0. The number of hydrogen-bond donors (Lipinski definition) is 2. The van der Waals surface area contributed by atoms with Crippen LogP contribution in [0.15, 0.2) is 0 Å². The molecule has 6 nitrogen and oxygen atoms in total. The van der Waals surface area contributed by atoms with E-state index in [-0.39, 0.29) is 18.2 Å². The summed E-state index contributed by atoms with van der Waals surface area (Å²) in [5, 5.41) is 11.2. The van der Waals surface area contributed by atoms with Crippen LogP contribution >= 0.6 is 0 Å². The van der Waals surface area contributed by atoms with Gasteiger partial charge in [0.2, 0.25) is 11.8 Å². The van der Waals surface area contributed by atoms with Gasteiger partial charge in [0.05, 0.1) is 0 Å². The fourth-order valence-electron chi connectivity index (χ4n) is 1.63. The van der Waals surface area contributed by atoms with Crippen LogP contribution in [-0.4, -0.2) is 47.9 Å². The van der Waals surface area contributed by atoms with Crippen molar-refractivity contribution < 1.29 is 19.5 Å². The molecular weight excluding hydrogens is 248 g/mol. The lowest BCUT2D eigenvalue weighted by molar-refractivity contribution is -0.138. The molecule has 0 fully saturated rings. The van der Waals surface area contributed by atoms with Crippen LogP contribution in [0.4, 0.5) is 0 Å². The minimum atomic E-state index is -0.834. The summed E-state index contributed by atoms with van der Waals surface area (Å²) in [7, 11) is 1.70. The number of rotatable bonds is 10. The van der Waals surface area contributed by atoms with Gasteiger partial charge in [-0.3, -0.25) is 14.4 Å². The van der Waals surface area contributed by atoms with E-state index in [4.69, 9.17) is 5.11 Å². The van der Waals surface area contributed by atoms with Crippen LogP contribution in [0.5, 0.6) is 0 Å². The number of amides is 2. The molecule has 0 aliphatic rings. The number of carbonyl (C=O) groups is 3. The Balaban J connectivity index is 3.51. The van der Waals surface area contributed by atoms with E-state index >= 15 is 0 Å². The number of nitrogens with one attached hydrogen (secondary N) is 1. The number of carbonyl (C=O) groups excluding carboxylic acids is 2. The number of aliphatic carboxylic acids is 1. The van der Waals surface area contributed by atoms with Gasteiger partial charge in [-0.05, 0) is 19.3 Å². The Hall–Kier alpha value is -1.59. The van der Waals surface area contributed by atoms with Crippen molar-refractivity contribution in [3.8, 4) is 0 Å². The molecule has 0 aromatic heterocycles. The average Bonchev–Trinajstić information content (AvgIpc) is 2.32. The second kappa shape index (κ2) is 10.3. The van der Waals surface area contributed by atoms with E-state index in [2.05, 4.69) is 5.32 Å². The van der Waals surface area contributed by atoms with Crippen LogP contribution < -0.4 is 5.32 Å². The van der Waals surface area contributed by atoms with Gasteiger partial charge in [-0.15, -0.1) is 0 Å². The fourth-order valence-corrected chi connectivity index (χ4v) is 1.63. The second-order valence-corrected chi connectivity index (χ2v) is 4.61. The fraction of sp³-hybridized carbons (Fsp3) is 0.769. The van der Waals surface area contributed by atoms with Gasteiger partial charge in [-0.2, -0.15) is 0 Å². The summed E-state index contributed by atoms with van der Waals surface area (Å²) in [4.78, 5) is 34.2. The zero-order valence-electron chi connectivity index (χ0n) is 11.8. The van der Waals surface area contributed by atoms with E-state index in [1.807, 2.05) is 0 Å². The Morgan fingerprint density at radius 2 is 1.74 bits per heavy atom. The predicted molar refractivity (Wildman–Crippen MR) is 71.7 cm³/mol. The number of carboxylic acids is 1. The van der Waals surface area contributed by atoms with Crippen molar-refractivity contribution in [1.82, 2.24) is 10.2 Å². The smallest absolute Gasteiger partial charge is 0.303 e. The molecule has 19 heavy (non-hydrogen) atoms. The van der Waals surface area contributed by atoms with E-state index in [1.165, 1.54) is 6.92 Å². The number of nitrogens with zero attached hydrogens (tertiary/aromatic N) is 1. The van der Waals surface area contributed by atoms with Crippen molar-refractivity contribution in [2.45, 2.75) is 45.4 Å². The molecule has 0 rings (SSSR count). The standard InChI is InChI=1S/C13H24N2O4/c1-11(16)14-9-5-3-4-7-12(17)15(2)10-6-8-13(18)19/h3-10H2,1-2H3,(H,14,16)(H,18,19). The van der Waals surface area contributed by atoms with Gasteiger partial charge in [0, 0.05) is 39.9 Å². The lowest BCUT2D eigenvalue weighted by Gasteiger charge is -2.16.